The van der Waals surface area contributed by atoms with E-state index in [4.69, 9.17) is 0 Å². The molecular weight excluding hydrogens is 322 g/mol. The normalized spacial score (nSPS) is 13.1. The first kappa shape index (κ1) is 18.2. The van der Waals surface area contributed by atoms with E-state index < -0.39 is 10.0 Å². The Hall–Kier alpha value is -2.18. The molecule has 128 valence electrons. The second-order valence-electron chi connectivity index (χ2n) is 5.76. The van der Waals surface area contributed by atoms with Crippen LogP contribution < -0.4 is 4.72 Å². The minimum atomic E-state index is -3.49. The van der Waals surface area contributed by atoms with Gasteiger partial charge in [-0.15, -0.1) is 0 Å². The van der Waals surface area contributed by atoms with Gasteiger partial charge in [0.05, 0.1) is 16.9 Å². The Morgan fingerprint density at radius 1 is 1.12 bits per heavy atom. The van der Waals surface area contributed by atoms with Crippen molar-refractivity contribution < 1.29 is 8.42 Å². The van der Waals surface area contributed by atoms with E-state index in [0.29, 0.717) is 6.54 Å². The van der Waals surface area contributed by atoms with E-state index in [2.05, 4.69) is 9.71 Å². The van der Waals surface area contributed by atoms with Crippen LogP contribution in [-0.4, -0.2) is 39.3 Å². The molecule has 0 amide bonds. The van der Waals surface area contributed by atoms with Gasteiger partial charge in [0, 0.05) is 19.6 Å². The van der Waals surface area contributed by atoms with Crippen LogP contribution in [0.5, 0.6) is 0 Å². The topological polar surface area (TPSA) is 61.8 Å². The molecule has 0 spiro atoms. The van der Waals surface area contributed by atoms with Gasteiger partial charge in [-0.1, -0.05) is 35.9 Å². The van der Waals surface area contributed by atoms with Crippen molar-refractivity contribution in [1.29, 1.82) is 0 Å². The highest BCUT2D eigenvalue weighted by atomic mass is 32.2. The fraction of sp³-hybridized carbons (Fsp3) is 0.278. The number of para-hydroxylation sites is 1. The highest BCUT2D eigenvalue weighted by Crippen LogP contribution is 2.11. The zero-order chi connectivity index (χ0) is 17.6. The molecular formula is C18H23N3O2S. The molecule has 0 bridgehead atoms. The lowest BCUT2D eigenvalue weighted by molar-refractivity contribution is 0.397. The molecule has 0 aliphatic heterocycles. The monoisotopic (exact) mass is 345 g/mol. The molecule has 6 heteroatoms. The molecule has 0 saturated heterocycles. The summed E-state index contributed by atoms with van der Waals surface area (Å²) in [5.74, 6) is 0. The van der Waals surface area contributed by atoms with Gasteiger partial charge in [-0.3, -0.25) is 0 Å². The van der Waals surface area contributed by atoms with Crippen molar-refractivity contribution in [3.63, 3.8) is 0 Å². The first-order valence-electron chi connectivity index (χ1n) is 7.76. The lowest BCUT2D eigenvalue weighted by Gasteiger charge is -2.22. The molecule has 0 fully saturated rings. The number of likely N-dealkylation sites (N-methyl/N-ethyl adjacent to an activating group) is 1. The van der Waals surface area contributed by atoms with Gasteiger partial charge in [0.2, 0.25) is 10.0 Å². The first-order valence-corrected chi connectivity index (χ1v) is 9.24. The number of hydrogen-bond acceptors (Lipinski definition) is 3. The maximum atomic E-state index is 12.3. The van der Waals surface area contributed by atoms with Crippen LogP contribution in [0.25, 0.3) is 0 Å². The van der Waals surface area contributed by atoms with Gasteiger partial charge in [0.25, 0.3) is 0 Å². The second-order valence-corrected chi connectivity index (χ2v) is 7.53. The van der Waals surface area contributed by atoms with Crippen molar-refractivity contribution in [1.82, 2.24) is 9.62 Å². The Labute approximate surface area is 144 Å². The maximum absolute atomic E-state index is 12.3. The largest absolute Gasteiger partial charge is 0.362 e. The number of benzene rings is 2. The fourth-order valence-corrected chi connectivity index (χ4v) is 3.08. The summed E-state index contributed by atoms with van der Waals surface area (Å²) in [5, 5.41) is 0. The van der Waals surface area contributed by atoms with Crippen molar-refractivity contribution in [3.05, 3.63) is 60.2 Å². The van der Waals surface area contributed by atoms with Crippen molar-refractivity contribution in [3.8, 4) is 0 Å². The molecule has 1 atom stereocenters. The van der Waals surface area contributed by atoms with Gasteiger partial charge >= 0.3 is 0 Å². The lowest BCUT2D eigenvalue weighted by atomic mass is 10.2. The summed E-state index contributed by atoms with van der Waals surface area (Å²) in [6, 6.07) is 16.4. The van der Waals surface area contributed by atoms with Crippen LogP contribution >= 0.6 is 0 Å². The molecule has 0 radical (unpaired) electrons. The summed E-state index contributed by atoms with van der Waals surface area (Å²) >= 11 is 0. The van der Waals surface area contributed by atoms with E-state index in [9.17, 15) is 8.42 Å². The summed E-state index contributed by atoms with van der Waals surface area (Å²) in [6.07, 6.45) is 1.71. The Morgan fingerprint density at radius 2 is 1.75 bits per heavy atom. The van der Waals surface area contributed by atoms with Crippen molar-refractivity contribution in [2.75, 3.05) is 13.6 Å². The van der Waals surface area contributed by atoms with Crippen LogP contribution in [-0.2, 0) is 10.0 Å². The van der Waals surface area contributed by atoms with E-state index in [-0.39, 0.29) is 10.9 Å². The molecule has 2 aromatic rings. The number of aliphatic imine (C=N–C) groups is 1. The number of nitrogens with one attached hydrogen (secondary N) is 1. The van der Waals surface area contributed by atoms with E-state index >= 15 is 0 Å². The SMILES string of the molecule is Cc1ccc(S(=O)(=O)NCC(C)N(C)C=Nc2ccccc2)cc1. The molecule has 0 aromatic heterocycles. The van der Waals surface area contributed by atoms with Crippen LogP contribution in [0.3, 0.4) is 0 Å². The number of rotatable bonds is 7. The Balaban J connectivity index is 1.93. The Morgan fingerprint density at radius 3 is 2.38 bits per heavy atom. The summed E-state index contributed by atoms with van der Waals surface area (Å²) in [5.41, 5.74) is 1.89. The maximum Gasteiger partial charge on any atom is 0.240 e. The van der Waals surface area contributed by atoms with Gasteiger partial charge in [-0.25, -0.2) is 18.1 Å². The van der Waals surface area contributed by atoms with E-state index in [0.717, 1.165) is 11.3 Å². The lowest BCUT2D eigenvalue weighted by Crippen LogP contribution is -2.39. The van der Waals surface area contributed by atoms with Gasteiger partial charge in [-0.2, -0.15) is 0 Å². The minimum Gasteiger partial charge on any atom is -0.362 e. The molecule has 2 aromatic carbocycles. The summed E-state index contributed by atoms with van der Waals surface area (Å²) < 4.78 is 27.2. The van der Waals surface area contributed by atoms with Gasteiger partial charge < -0.3 is 4.90 Å². The van der Waals surface area contributed by atoms with Crippen molar-refractivity contribution in [2.45, 2.75) is 24.8 Å². The average molecular weight is 345 g/mol. The average Bonchev–Trinajstić information content (AvgIpc) is 2.59. The van der Waals surface area contributed by atoms with Gasteiger partial charge in [-0.05, 0) is 38.1 Å². The fourth-order valence-electron chi connectivity index (χ4n) is 1.96. The standard InChI is InChI=1S/C18H23N3O2S/c1-15-9-11-18(12-10-15)24(22,23)20-13-16(2)21(3)14-19-17-7-5-4-6-8-17/h4-12,14,16,20H,13H2,1-3H3. The smallest absolute Gasteiger partial charge is 0.240 e. The minimum absolute atomic E-state index is 0.0299. The summed E-state index contributed by atoms with van der Waals surface area (Å²) in [6.45, 7) is 4.16. The highest BCUT2D eigenvalue weighted by Gasteiger charge is 2.16. The van der Waals surface area contributed by atoms with Crippen LogP contribution in [0.15, 0.2) is 64.5 Å². The zero-order valence-electron chi connectivity index (χ0n) is 14.2. The predicted molar refractivity (Wildman–Crippen MR) is 98.2 cm³/mol. The van der Waals surface area contributed by atoms with Gasteiger partial charge in [0.15, 0.2) is 0 Å². The Kier molecular flexibility index (Phi) is 6.11. The molecule has 5 nitrogen and oxygen atoms in total. The number of hydrogen-bond donors (Lipinski definition) is 1. The summed E-state index contributed by atoms with van der Waals surface area (Å²) in [7, 11) is -1.62. The molecule has 1 unspecified atom stereocenters. The van der Waals surface area contributed by atoms with Crippen LogP contribution in [0, 0.1) is 6.92 Å². The third-order valence-corrected chi connectivity index (χ3v) is 5.18. The molecule has 0 heterocycles. The molecule has 24 heavy (non-hydrogen) atoms. The van der Waals surface area contributed by atoms with E-state index in [1.807, 2.05) is 56.1 Å². The highest BCUT2D eigenvalue weighted by molar-refractivity contribution is 7.89. The quantitative estimate of drug-likeness (QED) is 0.620. The molecule has 0 saturated carbocycles. The molecule has 0 aliphatic carbocycles. The third kappa shape index (κ3) is 5.18. The first-order chi connectivity index (χ1) is 11.4. The third-order valence-electron chi connectivity index (χ3n) is 3.74. The molecule has 1 N–H and O–H groups in total. The number of nitrogens with zero attached hydrogens (tertiary/aromatic N) is 2. The van der Waals surface area contributed by atoms with Crippen LogP contribution in [0.2, 0.25) is 0 Å². The van der Waals surface area contributed by atoms with Crippen LogP contribution in [0.4, 0.5) is 5.69 Å². The predicted octanol–water partition coefficient (Wildman–Crippen LogP) is 2.95. The number of sulfonamides is 1. The van der Waals surface area contributed by atoms with Crippen molar-refractivity contribution >= 4 is 22.0 Å². The summed E-state index contributed by atoms with van der Waals surface area (Å²) in [4.78, 5) is 6.52. The van der Waals surface area contributed by atoms with E-state index in [1.165, 1.54) is 0 Å². The van der Waals surface area contributed by atoms with Gasteiger partial charge in [0.1, 0.15) is 0 Å². The zero-order valence-corrected chi connectivity index (χ0v) is 15.0. The number of aryl methyl sites for hydroxylation is 1. The second kappa shape index (κ2) is 8.08. The van der Waals surface area contributed by atoms with E-state index in [1.54, 1.807) is 30.6 Å². The molecule has 2 rings (SSSR count). The van der Waals surface area contributed by atoms with Crippen LogP contribution in [0.1, 0.15) is 12.5 Å². The Bertz CT molecular complexity index is 772. The molecule has 0 aliphatic rings. The van der Waals surface area contributed by atoms with Crippen molar-refractivity contribution in [2.24, 2.45) is 4.99 Å².